The Balaban J connectivity index is 2.00. The van der Waals surface area contributed by atoms with Gasteiger partial charge in [-0.15, -0.1) is 0 Å². The van der Waals surface area contributed by atoms with Crippen LogP contribution < -0.4 is 5.32 Å². The fraction of sp³-hybridized carbons (Fsp3) is 0.217. The van der Waals surface area contributed by atoms with Crippen molar-refractivity contribution in [2.75, 3.05) is 13.2 Å². The summed E-state index contributed by atoms with van der Waals surface area (Å²) in [5.41, 5.74) is 0.369. The molecule has 0 heterocycles. The molecule has 4 rings (SSSR count). The average Bonchev–Trinajstić information content (AvgIpc) is 2.72. The quantitative estimate of drug-likeness (QED) is 0.443. The Morgan fingerprint density at radius 3 is 2.00 bits per heavy atom. The van der Waals surface area contributed by atoms with Crippen LogP contribution in [-0.4, -0.2) is 29.0 Å². The summed E-state index contributed by atoms with van der Waals surface area (Å²) in [6, 6.07) is 20.7. The lowest BCUT2D eigenvalue weighted by Gasteiger charge is -2.27. The fourth-order valence-corrected chi connectivity index (χ4v) is 3.87. The van der Waals surface area contributed by atoms with Crippen LogP contribution in [-0.2, 0) is 6.54 Å². The van der Waals surface area contributed by atoms with Crippen LogP contribution in [0.25, 0.3) is 32.3 Å². The minimum absolute atomic E-state index is 0.143. The number of halogens is 1. The van der Waals surface area contributed by atoms with Crippen LogP contribution in [0.1, 0.15) is 12.5 Å². The summed E-state index contributed by atoms with van der Waals surface area (Å²) in [7, 11) is 0. The average molecular weight is 380 g/mol. The molecule has 3 N–H and O–H groups in total. The summed E-state index contributed by atoms with van der Waals surface area (Å²) < 4.78 is 0. The largest absolute Gasteiger partial charge is 0.394 e. The van der Waals surface area contributed by atoms with Crippen molar-refractivity contribution in [1.82, 2.24) is 5.32 Å². The third-order valence-corrected chi connectivity index (χ3v) is 5.73. The van der Waals surface area contributed by atoms with E-state index in [2.05, 4.69) is 35.6 Å². The monoisotopic (exact) mass is 379 g/mol. The van der Waals surface area contributed by atoms with E-state index in [4.69, 9.17) is 11.6 Å². The van der Waals surface area contributed by atoms with Gasteiger partial charge in [-0.1, -0.05) is 60.1 Å². The van der Waals surface area contributed by atoms with Crippen molar-refractivity contribution in [3.63, 3.8) is 0 Å². The maximum atomic E-state index is 9.63. The molecule has 0 fully saturated rings. The van der Waals surface area contributed by atoms with Gasteiger partial charge in [-0.25, -0.2) is 0 Å². The molecule has 0 atom stereocenters. The topological polar surface area (TPSA) is 52.5 Å². The van der Waals surface area contributed by atoms with E-state index in [1.165, 1.54) is 0 Å². The first-order valence-corrected chi connectivity index (χ1v) is 9.42. The van der Waals surface area contributed by atoms with E-state index in [0.29, 0.717) is 6.54 Å². The molecule has 0 amide bonds. The van der Waals surface area contributed by atoms with Crippen LogP contribution in [0.15, 0.2) is 60.7 Å². The van der Waals surface area contributed by atoms with E-state index in [9.17, 15) is 10.2 Å². The highest BCUT2D eigenvalue weighted by Crippen LogP contribution is 2.38. The molecule has 0 saturated heterocycles. The van der Waals surface area contributed by atoms with Gasteiger partial charge in [0.05, 0.1) is 23.8 Å². The van der Waals surface area contributed by atoms with Crippen molar-refractivity contribution in [3.8, 4) is 0 Å². The maximum absolute atomic E-state index is 9.63. The third-order valence-electron chi connectivity index (χ3n) is 5.33. The fourth-order valence-electron chi connectivity index (χ4n) is 3.55. The van der Waals surface area contributed by atoms with E-state index < -0.39 is 5.54 Å². The Hall–Kier alpha value is -2.17. The summed E-state index contributed by atoms with van der Waals surface area (Å²) in [6.45, 7) is 2.04. The number of nitrogens with one attached hydrogen (secondary N) is 1. The molecule has 4 heteroatoms. The van der Waals surface area contributed by atoms with Crippen LogP contribution in [0.4, 0.5) is 0 Å². The Kier molecular flexibility index (Phi) is 4.79. The lowest BCUT2D eigenvalue weighted by molar-refractivity contribution is 0.103. The lowest BCUT2D eigenvalue weighted by atomic mass is 9.93. The van der Waals surface area contributed by atoms with Gasteiger partial charge in [-0.05, 0) is 46.2 Å². The number of hydrogen-bond acceptors (Lipinski definition) is 3. The van der Waals surface area contributed by atoms with Gasteiger partial charge in [0.2, 0.25) is 0 Å². The van der Waals surface area contributed by atoms with Crippen LogP contribution in [0, 0.1) is 0 Å². The van der Waals surface area contributed by atoms with Crippen molar-refractivity contribution in [2.24, 2.45) is 0 Å². The summed E-state index contributed by atoms with van der Waals surface area (Å²) in [4.78, 5) is 0. The van der Waals surface area contributed by atoms with Crippen molar-refractivity contribution in [3.05, 3.63) is 71.2 Å². The minimum Gasteiger partial charge on any atom is -0.394 e. The summed E-state index contributed by atoms with van der Waals surface area (Å²) in [5, 5.41) is 29.8. The zero-order valence-corrected chi connectivity index (χ0v) is 15.9. The molecule has 3 nitrogen and oxygen atoms in total. The van der Waals surface area contributed by atoms with E-state index in [0.717, 1.165) is 42.9 Å². The molecule has 0 unspecified atom stereocenters. The Morgan fingerprint density at radius 2 is 1.37 bits per heavy atom. The van der Waals surface area contributed by atoms with Gasteiger partial charge in [-0.3, -0.25) is 0 Å². The molecule has 27 heavy (non-hydrogen) atoms. The SMILES string of the molecule is CC(CO)(CO)NCc1c2ccccc2c(Cl)c2cc3ccccc3cc12. The van der Waals surface area contributed by atoms with Gasteiger partial charge >= 0.3 is 0 Å². The zero-order chi connectivity index (χ0) is 19.0. The van der Waals surface area contributed by atoms with E-state index in [1.807, 2.05) is 37.3 Å². The van der Waals surface area contributed by atoms with E-state index >= 15 is 0 Å². The maximum Gasteiger partial charge on any atom is 0.0633 e. The third kappa shape index (κ3) is 3.17. The molecule has 0 aliphatic rings. The number of benzene rings is 4. The van der Waals surface area contributed by atoms with Gasteiger partial charge in [0.25, 0.3) is 0 Å². The Labute approximate surface area is 163 Å². The number of rotatable bonds is 5. The van der Waals surface area contributed by atoms with Crippen molar-refractivity contribution >= 4 is 43.9 Å². The second-order valence-corrected chi connectivity index (χ2v) is 7.69. The summed E-state index contributed by atoms with van der Waals surface area (Å²) >= 11 is 6.79. The van der Waals surface area contributed by atoms with Crippen LogP contribution >= 0.6 is 11.6 Å². The molecule has 0 radical (unpaired) electrons. The van der Waals surface area contributed by atoms with Crippen molar-refractivity contribution in [2.45, 2.75) is 19.0 Å². The van der Waals surface area contributed by atoms with Crippen molar-refractivity contribution < 1.29 is 10.2 Å². The summed E-state index contributed by atoms with van der Waals surface area (Å²) in [6.07, 6.45) is 0. The summed E-state index contributed by atoms with van der Waals surface area (Å²) in [5.74, 6) is 0. The van der Waals surface area contributed by atoms with Crippen molar-refractivity contribution in [1.29, 1.82) is 0 Å². The second-order valence-electron chi connectivity index (χ2n) is 7.31. The van der Waals surface area contributed by atoms with Gasteiger partial charge in [-0.2, -0.15) is 0 Å². The van der Waals surface area contributed by atoms with E-state index in [1.54, 1.807) is 0 Å². The molecule has 4 aromatic carbocycles. The first-order chi connectivity index (χ1) is 13.1. The molecule has 0 aliphatic heterocycles. The van der Waals surface area contributed by atoms with Crippen LogP contribution in [0.3, 0.4) is 0 Å². The number of hydrogen-bond donors (Lipinski definition) is 3. The standard InChI is InChI=1S/C23H22ClNO2/c1-23(13-26,14-27)25-12-21-17-8-4-5-9-18(17)22(24)20-11-16-7-3-2-6-15(16)10-19(20)21/h2-11,25-27H,12-14H2,1H3. The van der Waals surface area contributed by atoms with Gasteiger partial charge in [0.15, 0.2) is 0 Å². The Bertz CT molecular complexity index is 1140. The molecule has 138 valence electrons. The molecule has 4 aromatic rings. The number of fused-ring (bicyclic) bond motifs is 3. The highest BCUT2D eigenvalue weighted by atomic mass is 35.5. The number of aliphatic hydroxyl groups excluding tert-OH is 2. The normalized spacial score (nSPS) is 12.3. The zero-order valence-electron chi connectivity index (χ0n) is 15.2. The number of aliphatic hydroxyl groups is 2. The highest BCUT2D eigenvalue weighted by Gasteiger charge is 2.22. The van der Waals surface area contributed by atoms with E-state index in [-0.39, 0.29) is 13.2 Å². The molecule has 0 aromatic heterocycles. The first-order valence-electron chi connectivity index (χ1n) is 9.05. The van der Waals surface area contributed by atoms with Crippen LogP contribution in [0.2, 0.25) is 5.02 Å². The predicted octanol–water partition coefficient (Wildman–Crippen LogP) is 4.63. The molecule has 0 spiro atoms. The molecule has 0 bridgehead atoms. The smallest absolute Gasteiger partial charge is 0.0633 e. The first kappa shape index (κ1) is 18.2. The lowest BCUT2D eigenvalue weighted by Crippen LogP contribution is -2.48. The predicted molar refractivity (Wildman–Crippen MR) is 113 cm³/mol. The highest BCUT2D eigenvalue weighted by molar-refractivity contribution is 6.41. The molecule has 0 saturated carbocycles. The van der Waals surface area contributed by atoms with Crippen LogP contribution in [0.5, 0.6) is 0 Å². The second kappa shape index (κ2) is 7.10. The minimum atomic E-state index is -0.746. The Morgan fingerprint density at radius 1 is 0.815 bits per heavy atom. The molecular weight excluding hydrogens is 358 g/mol. The molecule has 0 aliphatic carbocycles. The van der Waals surface area contributed by atoms with Gasteiger partial charge < -0.3 is 15.5 Å². The van der Waals surface area contributed by atoms with Gasteiger partial charge in [0, 0.05) is 17.3 Å². The van der Waals surface area contributed by atoms with Gasteiger partial charge in [0.1, 0.15) is 0 Å². The molecular formula is C23H22ClNO2.